The van der Waals surface area contributed by atoms with Crippen LogP contribution in [-0.4, -0.2) is 24.7 Å². The molecule has 170 valence electrons. The lowest BCUT2D eigenvalue weighted by Crippen LogP contribution is -2.20. The molecule has 0 unspecified atom stereocenters. The smallest absolute Gasteiger partial charge is 0.302 e. The van der Waals surface area contributed by atoms with Crippen molar-refractivity contribution in [2.24, 2.45) is 5.14 Å². The fraction of sp³-hybridized carbons (Fsp3) is 0.375. The van der Waals surface area contributed by atoms with Gasteiger partial charge in [0.15, 0.2) is 0 Å². The number of esters is 1. The standard InChI is InChI=1S/C24H27ClN2O4S/c1-14-5-3-8-21-22(14)20(13-31-15(2)28)23(27-21)19-7-4-6-18(24(19)32(26,29)30)16-9-11-17(25)12-10-16/h3-8,16-17,27H,9-13H2,1-2H3,(H2,26,29,30). The summed E-state index contributed by atoms with van der Waals surface area (Å²) in [5.74, 6) is -0.335. The Balaban J connectivity index is 1.96. The number of H-pyrrole nitrogens is 1. The van der Waals surface area contributed by atoms with Crippen molar-refractivity contribution in [3.63, 3.8) is 0 Å². The van der Waals surface area contributed by atoms with Crippen LogP contribution in [0.1, 0.15) is 55.2 Å². The molecule has 1 aromatic heterocycles. The second kappa shape index (κ2) is 8.89. The lowest BCUT2D eigenvalue weighted by atomic mass is 9.83. The van der Waals surface area contributed by atoms with Gasteiger partial charge in [0.25, 0.3) is 0 Å². The number of rotatable bonds is 5. The van der Waals surface area contributed by atoms with E-state index in [4.69, 9.17) is 21.5 Å². The molecule has 1 aliphatic rings. The Labute approximate surface area is 193 Å². The van der Waals surface area contributed by atoms with Gasteiger partial charge in [-0.3, -0.25) is 4.79 Å². The number of ether oxygens (including phenoxy) is 1. The van der Waals surface area contributed by atoms with Crippen molar-refractivity contribution < 1.29 is 17.9 Å². The van der Waals surface area contributed by atoms with E-state index >= 15 is 0 Å². The Hall–Kier alpha value is -2.35. The number of carbonyl (C=O) groups excluding carboxylic acids is 1. The molecule has 1 fully saturated rings. The third-order valence-corrected chi connectivity index (χ3v) is 7.71. The van der Waals surface area contributed by atoms with E-state index in [1.807, 2.05) is 37.3 Å². The first-order valence-electron chi connectivity index (χ1n) is 10.7. The molecule has 0 bridgehead atoms. The Morgan fingerprint density at radius 2 is 1.84 bits per heavy atom. The average Bonchev–Trinajstić information content (AvgIpc) is 3.11. The molecule has 6 nitrogen and oxygen atoms in total. The van der Waals surface area contributed by atoms with E-state index in [-0.39, 0.29) is 22.8 Å². The quantitative estimate of drug-likeness (QED) is 0.395. The van der Waals surface area contributed by atoms with Gasteiger partial charge < -0.3 is 9.72 Å². The Kier molecular flexibility index (Phi) is 6.34. The zero-order valence-corrected chi connectivity index (χ0v) is 19.7. The molecule has 0 radical (unpaired) electrons. The molecule has 1 heterocycles. The molecule has 2 aromatic carbocycles. The van der Waals surface area contributed by atoms with Crippen LogP contribution in [0.25, 0.3) is 22.2 Å². The van der Waals surface area contributed by atoms with E-state index in [2.05, 4.69) is 4.98 Å². The third-order valence-electron chi connectivity index (χ3n) is 6.25. The second-order valence-electron chi connectivity index (χ2n) is 8.47. The summed E-state index contributed by atoms with van der Waals surface area (Å²) in [6.07, 6.45) is 3.30. The Morgan fingerprint density at radius 1 is 1.16 bits per heavy atom. The van der Waals surface area contributed by atoms with Crippen molar-refractivity contribution in [3.05, 3.63) is 53.1 Å². The van der Waals surface area contributed by atoms with E-state index in [0.29, 0.717) is 11.3 Å². The fourth-order valence-corrected chi connectivity index (χ4v) is 6.10. The largest absolute Gasteiger partial charge is 0.461 e. The highest BCUT2D eigenvalue weighted by Gasteiger charge is 2.30. The van der Waals surface area contributed by atoms with Gasteiger partial charge in [-0.05, 0) is 55.7 Å². The molecule has 0 spiro atoms. The summed E-state index contributed by atoms with van der Waals surface area (Å²) in [7, 11) is -4.03. The maximum Gasteiger partial charge on any atom is 0.302 e. The van der Waals surface area contributed by atoms with E-state index in [1.165, 1.54) is 6.92 Å². The van der Waals surface area contributed by atoms with E-state index in [1.54, 1.807) is 6.07 Å². The summed E-state index contributed by atoms with van der Waals surface area (Å²) in [6.45, 7) is 3.35. The number of fused-ring (bicyclic) bond motifs is 1. The highest BCUT2D eigenvalue weighted by Crippen LogP contribution is 2.42. The molecule has 3 N–H and O–H groups in total. The number of halogens is 1. The molecule has 0 amide bonds. The fourth-order valence-electron chi connectivity index (χ4n) is 4.81. The van der Waals surface area contributed by atoms with Crippen molar-refractivity contribution in [2.75, 3.05) is 0 Å². The van der Waals surface area contributed by atoms with Crippen LogP contribution in [0.15, 0.2) is 41.3 Å². The summed E-state index contributed by atoms with van der Waals surface area (Å²) in [4.78, 5) is 15.1. The SMILES string of the molecule is CC(=O)OCc1c(-c2cccc(C3CCC(Cl)CC3)c2S(N)(=O)=O)[nH]c2cccc(C)c12. The molecule has 1 aliphatic carbocycles. The number of primary sulfonamides is 1. The average molecular weight is 475 g/mol. The highest BCUT2D eigenvalue weighted by molar-refractivity contribution is 7.89. The normalized spacial score (nSPS) is 19.2. The van der Waals surface area contributed by atoms with Crippen molar-refractivity contribution >= 4 is 38.5 Å². The number of aromatic nitrogens is 1. The Bertz CT molecular complexity index is 1270. The number of alkyl halides is 1. The number of hydrogen-bond acceptors (Lipinski definition) is 4. The first-order valence-corrected chi connectivity index (χ1v) is 12.7. The van der Waals surface area contributed by atoms with Crippen molar-refractivity contribution in [1.82, 2.24) is 4.98 Å². The van der Waals surface area contributed by atoms with Gasteiger partial charge in [-0.2, -0.15) is 0 Å². The predicted octanol–water partition coefficient (Wildman–Crippen LogP) is 5.12. The van der Waals surface area contributed by atoms with E-state index in [9.17, 15) is 13.2 Å². The van der Waals surface area contributed by atoms with E-state index in [0.717, 1.165) is 53.3 Å². The number of carbonyl (C=O) groups is 1. The monoisotopic (exact) mass is 474 g/mol. The minimum absolute atomic E-state index is 0.0289. The van der Waals surface area contributed by atoms with Gasteiger partial charge >= 0.3 is 5.97 Å². The molecule has 4 rings (SSSR count). The number of hydrogen-bond donors (Lipinski definition) is 2. The minimum atomic E-state index is -4.03. The van der Waals surface area contributed by atoms with Crippen molar-refractivity contribution in [2.45, 2.75) is 62.3 Å². The zero-order valence-electron chi connectivity index (χ0n) is 18.2. The highest BCUT2D eigenvalue weighted by atomic mass is 35.5. The van der Waals surface area contributed by atoms with Crippen LogP contribution in [0.4, 0.5) is 0 Å². The summed E-state index contributed by atoms with van der Waals surface area (Å²) in [5, 5.41) is 6.81. The van der Waals surface area contributed by atoms with Crippen LogP contribution in [0.5, 0.6) is 0 Å². The van der Waals surface area contributed by atoms with Crippen LogP contribution in [-0.2, 0) is 26.2 Å². The maximum absolute atomic E-state index is 12.9. The van der Waals surface area contributed by atoms with Crippen LogP contribution in [0.2, 0.25) is 0 Å². The van der Waals surface area contributed by atoms with Crippen LogP contribution < -0.4 is 5.14 Å². The molecule has 32 heavy (non-hydrogen) atoms. The van der Waals surface area contributed by atoms with Crippen molar-refractivity contribution in [1.29, 1.82) is 0 Å². The lowest BCUT2D eigenvalue weighted by molar-refractivity contribution is -0.142. The molecular formula is C24H27ClN2O4S. The molecule has 0 aliphatic heterocycles. The number of nitrogens with two attached hydrogens (primary N) is 1. The second-order valence-corrected chi connectivity index (χ2v) is 10.6. The summed E-state index contributed by atoms with van der Waals surface area (Å²) < 4.78 is 31.1. The molecule has 3 aromatic rings. The van der Waals surface area contributed by atoms with Gasteiger partial charge in [-0.1, -0.05) is 30.3 Å². The van der Waals surface area contributed by atoms with Crippen LogP contribution in [0, 0.1) is 6.92 Å². The first-order chi connectivity index (χ1) is 15.2. The van der Waals surface area contributed by atoms with Crippen LogP contribution in [0.3, 0.4) is 0 Å². The molecule has 0 saturated heterocycles. The lowest BCUT2D eigenvalue weighted by Gasteiger charge is -2.27. The molecular weight excluding hydrogens is 448 g/mol. The zero-order chi connectivity index (χ0) is 23.0. The summed E-state index contributed by atoms with van der Waals surface area (Å²) in [6, 6.07) is 11.3. The topological polar surface area (TPSA) is 102 Å². The van der Waals surface area contributed by atoms with Crippen molar-refractivity contribution in [3.8, 4) is 11.3 Å². The molecule has 1 saturated carbocycles. The number of aryl methyl sites for hydroxylation is 1. The summed E-state index contributed by atoms with van der Waals surface area (Å²) in [5.41, 5.74) is 4.40. The molecule has 0 atom stereocenters. The van der Waals surface area contributed by atoms with Gasteiger partial charge in [0.2, 0.25) is 10.0 Å². The van der Waals surface area contributed by atoms with Gasteiger partial charge in [-0.15, -0.1) is 11.6 Å². The minimum Gasteiger partial charge on any atom is -0.461 e. The number of nitrogens with one attached hydrogen (secondary N) is 1. The van der Waals surface area contributed by atoms with Crippen LogP contribution >= 0.6 is 11.6 Å². The number of aromatic amines is 1. The first kappa shape index (κ1) is 22.8. The predicted molar refractivity (Wildman–Crippen MR) is 126 cm³/mol. The van der Waals surface area contributed by atoms with Gasteiger partial charge in [0.1, 0.15) is 6.61 Å². The van der Waals surface area contributed by atoms with Gasteiger partial charge in [0.05, 0.1) is 10.6 Å². The molecule has 8 heteroatoms. The Morgan fingerprint density at radius 3 is 2.50 bits per heavy atom. The van der Waals surface area contributed by atoms with E-state index < -0.39 is 16.0 Å². The van der Waals surface area contributed by atoms with Gasteiger partial charge in [-0.25, -0.2) is 13.6 Å². The third kappa shape index (κ3) is 4.42. The maximum atomic E-state index is 12.9. The summed E-state index contributed by atoms with van der Waals surface area (Å²) >= 11 is 6.28. The number of sulfonamides is 1. The van der Waals surface area contributed by atoms with Gasteiger partial charge in [0, 0.05) is 34.3 Å². The number of benzene rings is 2.